The van der Waals surface area contributed by atoms with Gasteiger partial charge in [-0.05, 0) is 49.4 Å². The minimum absolute atomic E-state index is 0.0461. The predicted octanol–water partition coefficient (Wildman–Crippen LogP) is 2.32. The zero-order valence-corrected chi connectivity index (χ0v) is 17.0. The molecule has 0 radical (unpaired) electrons. The van der Waals surface area contributed by atoms with Gasteiger partial charge in [0.15, 0.2) is 0 Å². The summed E-state index contributed by atoms with van der Waals surface area (Å²) in [5, 5.41) is 6.05. The molecule has 9 heteroatoms. The molecule has 0 spiro atoms. The van der Waals surface area contributed by atoms with Crippen molar-refractivity contribution in [2.45, 2.75) is 6.92 Å². The van der Waals surface area contributed by atoms with Crippen LogP contribution < -0.4 is 21.2 Å². The van der Waals surface area contributed by atoms with Gasteiger partial charge in [-0.2, -0.15) is 0 Å². The first kappa shape index (κ1) is 19.8. The Labute approximate surface area is 177 Å². The van der Waals surface area contributed by atoms with Crippen molar-refractivity contribution in [2.75, 3.05) is 29.9 Å². The lowest BCUT2D eigenvalue weighted by molar-refractivity contribution is -0.120. The Balaban J connectivity index is 1.48. The van der Waals surface area contributed by atoms with Gasteiger partial charge < -0.3 is 20.5 Å². The molecule has 8 nitrogen and oxygen atoms in total. The van der Waals surface area contributed by atoms with Gasteiger partial charge in [-0.3, -0.25) is 14.2 Å². The fourth-order valence-corrected chi connectivity index (χ4v) is 3.73. The number of halogens is 1. The summed E-state index contributed by atoms with van der Waals surface area (Å²) in [5.41, 5.74) is 2.98. The third kappa shape index (κ3) is 3.95. The number of carbonyl (C=O) groups is 2. The molecule has 2 aromatic carbocycles. The lowest BCUT2D eigenvalue weighted by Gasteiger charge is -2.29. The molecule has 1 aliphatic rings. The molecule has 0 bridgehead atoms. The number of aromatic nitrogens is 2. The second kappa shape index (κ2) is 8.08. The van der Waals surface area contributed by atoms with E-state index < -0.39 is 0 Å². The highest BCUT2D eigenvalue weighted by atomic mass is 35.5. The van der Waals surface area contributed by atoms with E-state index in [1.54, 1.807) is 48.7 Å². The Kier molecular flexibility index (Phi) is 5.33. The molecule has 154 valence electrons. The van der Waals surface area contributed by atoms with Crippen LogP contribution in [0, 0.1) is 6.92 Å². The maximum Gasteiger partial charge on any atom is 0.330 e. The maximum atomic E-state index is 12.6. The number of piperazine rings is 1. The molecule has 30 heavy (non-hydrogen) atoms. The number of imidazole rings is 1. The minimum Gasteiger partial charge on any atom is -0.359 e. The number of nitrogens with zero attached hydrogens (tertiary/aromatic N) is 2. The number of nitrogens with one attached hydrogen (secondary N) is 3. The Morgan fingerprint density at radius 2 is 1.90 bits per heavy atom. The monoisotopic (exact) mass is 425 g/mol. The molecule has 1 aromatic heterocycles. The van der Waals surface area contributed by atoms with E-state index in [0.717, 1.165) is 11.4 Å². The predicted molar refractivity (Wildman–Crippen MR) is 116 cm³/mol. The van der Waals surface area contributed by atoms with Gasteiger partial charge in [0.1, 0.15) is 0 Å². The third-order valence-corrected chi connectivity index (χ3v) is 5.24. The van der Waals surface area contributed by atoms with E-state index in [2.05, 4.69) is 15.6 Å². The number of anilines is 2. The molecular formula is C21H20ClN5O3. The highest BCUT2D eigenvalue weighted by molar-refractivity contribution is 6.33. The fourth-order valence-electron chi connectivity index (χ4n) is 3.43. The molecule has 3 N–H and O–H groups in total. The molecule has 0 aliphatic carbocycles. The van der Waals surface area contributed by atoms with Crippen LogP contribution in [0.1, 0.15) is 16.1 Å². The fraction of sp³-hybridized carbons (Fsp3) is 0.190. The number of rotatable bonds is 4. The van der Waals surface area contributed by atoms with Crippen LogP contribution in [0.15, 0.2) is 53.5 Å². The van der Waals surface area contributed by atoms with Crippen molar-refractivity contribution in [1.82, 2.24) is 14.9 Å². The second-order valence-electron chi connectivity index (χ2n) is 7.01. The van der Waals surface area contributed by atoms with E-state index in [-0.39, 0.29) is 24.0 Å². The van der Waals surface area contributed by atoms with Crippen molar-refractivity contribution in [3.05, 3.63) is 75.4 Å². The molecule has 0 unspecified atom stereocenters. The molecule has 0 atom stereocenters. The van der Waals surface area contributed by atoms with Gasteiger partial charge in [-0.15, -0.1) is 0 Å². The summed E-state index contributed by atoms with van der Waals surface area (Å²) in [4.78, 5) is 40.6. The van der Waals surface area contributed by atoms with Gasteiger partial charge in [0.25, 0.3) is 5.91 Å². The number of aromatic amines is 1. The first-order chi connectivity index (χ1) is 14.4. The summed E-state index contributed by atoms with van der Waals surface area (Å²) < 4.78 is 1.53. The molecule has 2 heterocycles. The number of aryl methyl sites for hydroxylation is 1. The minimum atomic E-state index is -0.291. The summed E-state index contributed by atoms with van der Waals surface area (Å²) in [7, 11) is 0. The Morgan fingerprint density at radius 1 is 1.13 bits per heavy atom. The Morgan fingerprint density at radius 3 is 2.53 bits per heavy atom. The van der Waals surface area contributed by atoms with E-state index in [4.69, 9.17) is 11.6 Å². The number of amides is 2. The van der Waals surface area contributed by atoms with Crippen LogP contribution in [0.4, 0.5) is 11.4 Å². The number of carbonyl (C=O) groups excluding carboxylic acids is 2. The topological polar surface area (TPSA) is 99.2 Å². The largest absolute Gasteiger partial charge is 0.359 e. The van der Waals surface area contributed by atoms with E-state index in [0.29, 0.717) is 35.1 Å². The lowest BCUT2D eigenvalue weighted by atomic mass is 10.1. The molecule has 1 saturated heterocycles. The van der Waals surface area contributed by atoms with E-state index in [1.165, 1.54) is 4.57 Å². The Bertz CT molecular complexity index is 1170. The first-order valence-electron chi connectivity index (χ1n) is 9.42. The van der Waals surface area contributed by atoms with Gasteiger partial charge in [-0.1, -0.05) is 11.6 Å². The Hall–Kier alpha value is -3.52. The van der Waals surface area contributed by atoms with Gasteiger partial charge in [-0.25, -0.2) is 4.79 Å². The normalized spacial score (nSPS) is 13.8. The van der Waals surface area contributed by atoms with Gasteiger partial charge in [0, 0.05) is 36.2 Å². The third-order valence-electron chi connectivity index (χ3n) is 4.93. The summed E-state index contributed by atoms with van der Waals surface area (Å²) >= 11 is 6.39. The van der Waals surface area contributed by atoms with E-state index in [1.807, 2.05) is 11.8 Å². The molecule has 0 saturated carbocycles. The van der Waals surface area contributed by atoms with Crippen LogP contribution >= 0.6 is 11.6 Å². The molecule has 1 fully saturated rings. The standard InChI is InChI=1S/C21H20ClN5O3/c1-13-11-24-21(30)27(13)16-5-2-14(3-6-16)20(29)25-15-4-7-18(17(22)10-15)26-9-8-23-19(28)12-26/h2-7,10-11H,8-9,12H2,1H3,(H,23,28)(H,24,30)(H,25,29). The van der Waals surface area contributed by atoms with E-state index in [9.17, 15) is 14.4 Å². The van der Waals surface area contributed by atoms with Crippen molar-refractivity contribution in [3.63, 3.8) is 0 Å². The quantitative estimate of drug-likeness (QED) is 0.597. The van der Waals surface area contributed by atoms with E-state index >= 15 is 0 Å². The zero-order valence-electron chi connectivity index (χ0n) is 16.2. The number of benzene rings is 2. The van der Waals surface area contributed by atoms with Crippen molar-refractivity contribution >= 4 is 34.8 Å². The highest BCUT2D eigenvalue weighted by Gasteiger charge is 2.19. The van der Waals surface area contributed by atoms with Crippen LogP contribution in [-0.2, 0) is 4.79 Å². The maximum absolute atomic E-state index is 12.6. The number of hydrogen-bond donors (Lipinski definition) is 3. The number of hydrogen-bond acceptors (Lipinski definition) is 4. The van der Waals surface area contributed by atoms with Gasteiger partial charge in [0.05, 0.1) is 22.9 Å². The summed E-state index contributed by atoms with van der Waals surface area (Å²) in [6.45, 7) is 3.31. The smallest absolute Gasteiger partial charge is 0.330 e. The van der Waals surface area contributed by atoms with Crippen LogP contribution in [0.2, 0.25) is 5.02 Å². The second-order valence-corrected chi connectivity index (χ2v) is 7.42. The van der Waals surface area contributed by atoms with Crippen molar-refractivity contribution < 1.29 is 9.59 Å². The van der Waals surface area contributed by atoms with Crippen molar-refractivity contribution in [1.29, 1.82) is 0 Å². The summed E-state index contributed by atoms with van der Waals surface area (Å²) in [5.74, 6) is -0.337. The van der Waals surface area contributed by atoms with Crippen LogP contribution in [-0.4, -0.2) is 41.0 Å². The van der Waals surface area contributed by atoms with Crippen LogP contribution in [0.25, 0.3) is 5.69 Å². The average Bonchev–Trinajstić information content (AvgIpc) is 3.06. The van der Waals surface area contributed by atoms with Crippen molar-refractivity contribution in [3.8, 4) is 5.69 Å². The summed E-state index contributed by atoms with van der Waals surface area (Å²) in [6.07, 6.45) is 1.63. The zero-order chi connectivity index (χ0) is 21.3. The molecule has 3 aromatic rings. The summed E-state index contributed by atoms with van der Waals surface area (Å²) in [6, 6.07) is 12.0. The lowest BCUT2D eigenvalue weighted by Crippen LogP contribution is -2.47. The van der Waals surface area contributed by atoms with Crippen LogP contribution in [0.3, 0.4) is 0 Å². The SMILES string of the molecule is Cc1c[nH]c(=O)n1-c1ccc(C(=O)Nc2ccc(N3CCNC(=O)C3)c(Cl)c2)cc1. The average molecular weight is 426 g/mol. The molecule has 2 amide bonds. The van der Waals surface area contributed by atoms with Gasteiger partial charge in [0.2, 0.25) is 5.91 Å². The molecule has 4 rings (SSSR count). The highest BCUT2D eigenvalue weighted by Crippen LogP contribution is 2.29. The molecular weight excluding hydrogens is 406 g/mol. The molecule has 1 aliphatic heterocycles. The van der Waals surface area contributed by atoms with Gasteiger partial charge >= 0.3 is 5.69 Å². The van der Waals surface area contributed by atoms with Crippen molar-refractivity contribution in [2.24, 2.45) is 0 Å². The number of H-pyrrole nitrogens is 1. The van der Waals surface area contributed by atoms with Crippen LogP contribution in [0.5, 0.6) is 0 Å². The first-order valence-corrected chi connectivity index (χ1v) is 9.80.